The van der Waals surface area contributed by atoms with Crippen molar-refractivity contribution >= 4 is 34.7 Å². The third-order valence-electron chi connectivity index (χ3n) is 6.32. The number of thioether (sulfide) groups is 1. The lowest BCUT2D eigenvalue weighted by Crippen LogP contribution is -2.61. The van der Waals surface area contributed by atoms with Gasteiger partial charge in [0.15, 0.2) is 5.12 Å². The summed E-state index contributed by atoms with van der Waals surface area (Å²) < 4.78 is 5.47. The lowest BCUT2D eigenvalue weighted by atomic mass is 9.94. The summed E-state index contributed by atoms with van der Waals surface area (Å²) in [6, 6.07) is 5.48. The molecule has 0 unspecified atom stereocenters. The van der Waals surface area contributed by atoms with Crippen LogP contribution in [0.1, 0.15) is 72.3 Å². The second kappa shape index (κ2) is 13.7. The van der Waals surface area contributed by atoms with E-state index in [1.54, 1.807) is 12.1 Å². The third kappa shape index (κ3) is 8.84. The number of phenolic OH excluding ortho intramolecular Hbond substituents is 1. The van der Waals surface area contributed by atoms with Gasteiger partial charge in [-0.3, -0.25) is 14.4 Å². The van der Waals surface area contributed by atoms with Crippen LogP contribution in [-0.4, -0.2) is 51.4 Å². The van der Waals surface area contributed by atoms with Crippen molar-refractivity contribution in [1.82, 2.24) is 10.6 Å². The van der Waals surface area contributed by atoms with Crippen molar-refractivity contribution in [2.45, 2.75) is 90.0 Å². The minimum atomic E-state index is -1.15. The van der Waals surface area contributed by atoms with E-state index in [-0.39, 0.29) is 35.7 Å². The van der Waals surface area contributed by atoms with Gasteiger partial charge in [0.05, 0.1) is 11.9 Å². The summed E-state index contributed by atoms with van der Waals surface area (Å²) in [5.74, 6) is -0.941. The van der Waals surface area contributed by atoms with Crippen LogP contribution in [0.15, 0.2) is 24.3 Å². The summed E-state index contributed by atoms with van der Waals surface area (Å²) in [6.07, 6.45) is 3.33. The average Bonchev–Trinajstić information content (AvgIpc) is 3.27. The van der Waals surface area contributed by atoms with Gasteiger partial charge >= 0.3 is 5.97 Å². The van der Waals surface area contributed by atoms with Crippen LogP contribution >= 0.6 is 11.8 Å². The van der Waals surface area contributed by atoms with Crippen LogP contribution in [0.3, 0.4) is 0 Å². The van der Waals surface area contributed by atoms with Crippen molar-refractivity contribution in [2.24, 2.45) is 11.8 Å². The first kappa shape index (κ1) is 29.7. The van der Waals surface area contributed by atoms with E-state index in [1.165, 1.54) is 19.1 Å². The molecule has 1 fully saturated rings. The van der Waals surface area contributed by atoms with Crippen molar-refractivity contribution in [3.8, 4) is 5.75 Å². The van der Waals surface area contributed by atoms with Gasteiger partial charge in [0, 0.05) is 13.3 Å². The van der Waals surface area contributed by atoms with Gasteiger partial charge < -0.3 is 20.5 Å². The van der Waals surface area contributed by atoms with Crippen LogP contribution < -0.4 is 10.6 Å². The fourth-order valence-electron chi connectivity index (χ4n) is 4.22. The first-order valence-corrected chi connectivity index (χ1v) is 13.6. The maximum atomic E-state index is 13.6. The Morgan fingerprint density at radius 3 is 2.19 bits per heavy atom. The van der Waals surface area contributed by atoms with E-state index >= 15 is 0 Å². The Kier molecular flexibility index (Phi) is 11.3. The second-order valence-corrected chi connectivity index (χ2v) is 11.6. The van der Waals surface area contributed by atoms with E-state index < -0.39 is 28.7 Å². The zero-order valence-corrected chi connectivity index (χ0v) is 22.8. The van der Waals surface area contributed by atoms with Crippen LogP contribution in [-0.2, 0) is 30.3 Å². The zero-order chi connectivity index (χ0) is 26.9. The maximum Gasteiger partial charge on any atom is 0.328 e. The van der Waals surface area contributed by atoms with Gasteiger partial charge in [0.1, 0.15) is 17.3 Å². The zero-order valence-electron chi connectivity index (χ0n) is 22.0. The predicted octanol–water partition coefficient (Wildman–Crippen LogP) is 3.74. The molecule has 1 aliphatic carbocycles. The molecule has 36 heavy (non-hydrogen) atoms. The standard InChI is InChI=1S/C27H40N2O6S/c1-17(2)12-15-35-25(33)22(16-20-8-10-21(31)11-9-20)28-26(34)27(13-6-7-14-27)29-24(32)23(18(3)4)36-19(5)30/h8-11,17-18,22-23,31H,6-7,12-16H2,1-5H3,(H,28,34)(H,29,32)/t22-,23+/m0/s1. The van der Waals surface area contributed by atoms with E-state index in [2.05, 4.69) is 10.6 Å². The van der Waals surface area contributed by atoms with Crippen molar-refractivity contribution in [3.63, 3.8) is 0 Å². The van der Waals surface area contributed by atoms with Crippen LogP contribution in [0.25, 0.3) is 0 Å². The molecule has 0 aliphatic heterocycles. The van der Waals surface area contributed by atoms with Gasteiger partial charge in [0.2, 0.25) is 11.8 Å². The van der Waals surface area contributed by atoms with Gasteiger partial charge in [-0.15, -0.1) is 0 Å². The Hall–Kier alpha value is -2.55. The Balaban J connectivity index is 2.22. The molecular weight excluding hydrogens is 480 g/mol. The summed E-state index contributed by atoms with van der Waals surface area (Å²) in [4.78, 5) is 51.4. The first-order chi connectivity index (χ1) is 16.9. The molecule has 2 amide bonds. The Bertz CT molecular complexity index is 909. The highest BCUT2D eigenvalue weighted by Crippen LogP contribution is 2.32. The molecule has 0 saturated heterocycles. The molecule has 2 rings (SSSR count). The number of hydrogen-bond donors (Lipinski definition) is 3. The molecule has 200 valence electrons. The van der Waals surface area contributed by atoms with E-state index in [9.17, 15) is 24.3 Å². The van der Waals surface area contributed by atoms with Gasteiger partial charge in [0.25, 0.3) is 0 Å². The lowest BCUT2D eigenvalue weighted by molar-refractivity contribution is -0.149. The molecular formula is C27H40N2O6S. The molecule has 8 nitrogen and oxygen atoms in total. The van der Waals surface area contributed by atoms with Crippen molar-refractivity contribution in [1.29, 1.82) is 0 Å². The van der Waals surface area contributed by atoms with Crippen LogP contribution in [0.2, 0.25) is 0 Å². The summed E-state index contributed by atoms with van der Waals surface area (Å²) in [5.41, 5.74) is -0.395. The van der Waals surface area contributed by atoms with Crippen molar-refractivity contribution in [2.75, 3.05) is 6.61 Å². The van der Waals surface area contributed by atoms with Crippen molar-refractivity contribution in [3.05, 3.63) is 29.8 Å². The van der Waals surface area contributed by atoms with Crippen LogP contribution in [0, 0.1) is 11.8 Å². The Labute approximate surface area is 218 Å². The SMILES string of the molecule is CC(=O)S[C@@H](C(=O)NC1(C(=O)N[C@@H](Cc2ccc(O)cc2)C(=O)OCCC(C)C)CCCC1)C(C)C. The molecule has 0 radical (unpaired) electrons. The topological polar surface area (TPSA) is 122 Å². The monoisotopic (exact) mass is 520 g/mol. The number of nitrogens with one attached hydrogen (secondary N) is 2. The maximum absolute atomic E-state index is 13.6. The minimum absolute atomic E-state index is 0.0985. The number of carbonyl (C=O) groups excluding carboxylic acids is 4. The normalized spacial score (nSPS) is 16.4. The highest BCUT2D eigenvalue weighted by Gasteiger charge is 2.45. The number of ether oxygens (including phenoxy) is 1. The fraction of sp³-hybridized carbons (Fsp3) is 0.630. The largest absolute Gasteiger partial charge is 0.508 e. The first-order valence-electron chi connectivity index (χ1n) is 12.7. The number of aromatic hydroxyl groups is 1. The van der Waals surface area contributed by atoms with E-state index in [0.717, 1.165) is 30.2 Å². The molecule has 0 aromatic heterocycles. The molecule has 0 heterocycles. The number of esters is 1. The Morgan fingerprint density at radius 2 is 1.67 bits per heavy atom. The van der Waals surface area contributed by atoms with Crippen molar-refractivity contribution < 1.29 is 29.0 Å². The second-order valence-electron chi connectivity index (χ2n) is 10.3. The Morgan fingerprint density at radius 1 is 1.06 bits per heavy atom. The number of amides is 2. The van der Waals surface area contributed by atoms with Gasteiger partial charge in [-0.05, 0) is 48.8 Å². The molecule has 0 spiro atoms. The molecule has 0 bridgehead atoms. The quantitative estimate of drug-likeness (QED) is 0.359. The van der Waals surface area contributed by atoms with Gasteiger partial charge in [-0.1, -0.05) is 64.4 Å². The summed E-state index contributed by atoms with van der Waals surface area (Å²) in [6.45, 7) is 9.46. The number of benzene rings is 1. The molecule has 2 atom stereocenters. The average molecular weight is 521 g/mol. The summed E-state index contributed by atoms with van der Waals surface area (Å²) in [5, 5.41) is 14.6. The van der Waals surface area contributed by atoms with E-state index in [1.807, 2.05) is 27.7 Å². The molecule has 1 aliphatic rings. The summed E-state index contributed by atoms with van der Waals surface area (Å²) in [7, 11) is 0. The highest BCUT2D eigenvalue weighted by atomic mass is 32.2. The molecule has 1 aromatic rings. The van der Waals surface area contributed by atoms with Crippen LogP contribution in [0.4, 0.5) is 0 Å². The highest BCUT2D eigenvalue weighted by molar-refractivity contribution is 8.14. The third-order valence-corrected chi connectivity index (χ3v) is 7.66. The lowest BCUT2D eigenvalue weighted by Gasteiger charge is -2.33. The fourth-order valence-corrected chi connectivity index (χ4v) is 5.01. The van der Waals surface area contributed by atoms with E-state index in [0.29, 0.717) is 25.2 Å². The number of phenols is 1. The molecule has 3 N–H and O–H groups in total. The van der Waals surface area contributed by atoms with Gasteiger partial charge in [-0.2, -0.15) is 0 Å². The molecule has 1 aromatic carbocycles. The predicted molar refractivity (Wildman–Crippen MR) is 140 cm³/mol. The van der Waals surface area contributed by atoms with Crippen LogP contribution in [0.5, 0.6) is 5.75 Å². The molecule has 9 heteroatoms. The number of hydrogen-bond acceptors (Lipinski definition) is 7. The molecule has 1 saturated carbocycles. The minimum Gasteiger partial charge on any atom is -0.508 e. The number of rotatable bonds is 12. The van der Waals surface area contributed by atoms with E-state index in [4.69, 9.17) is 4.74 Å². The van der Waals surface area contributed by atoms with Gasteiger partial charge in [-0.25, -0.2) is 4.79 Å². The summed E-state index contributed by atoms with van der Waals surface area (Å²) >= 11 is 0.965. The number of carbonyl (C=O) groups is 4. The smallest absolute Gasteiger partial charge is 0.328 e.